The summed E-state index contributed by atoms with van der Waals surface area (Å²) < 4.78 is 5.38. The van der Waals surface area contributed by atoms with Crippen LogP contribution >= 0.6 is 0 Å². The van der Waals surface area contributed by atoms with Crippen LogP contribution in [0.1, 0.15) is 5.56 Å². The molecule has 1 saturated heterocycles. The number of rotatable bonds is 4. The number of ether oxygens (including phenoxy) is 1. The summed E-state index contributed by atoms with van der Waals surface area (Å²) in [5, 5.41) is 3.08. The number of nitrogens with zero attached hydrogens (tertiary/aromatic N) is 2. The van der Waals surface area contributed by atoms with Gasteiger partial charge in [0.1, 0.15) is 0 Å². The molecule has 1 aliphatic rings. The summed E-state index contributed by atoms with van der Waals surface area (Å²) in [6.07, 6.45) is 0. The summed E-state index contributed by atoms with van der Waals surface area (Å²) in [6, 6.07) is 18.3. The molecule has 2 aromatic rings. The fourth-order valence-corrected chi connectivity index (χ4v) is 2.52. The minimum Gasteiger partial charge on any atom is -0.378 e. The first kappa shape index (κ1) is 15.4. The Kier molecular flexibility index (Phi) is 5.11. The van der Waals surface area contributed by atoms with Crippen LogP contribution in [0.15, 0.2) is 59.6 Å². The van der Waals surface area contributed by atoms with Crippen LogP contribution in [0.4, 0.5) is 11.4 Å². The van der Waals surface area contributed by atoms with Crippen molar-refractivity contribution in [2.45, 2.75) is 6.54 Å². The number of guanidine groups is 1. The summed E-state index contributed by atoms with van der Waals surface area (Å²) in [5.41, 5.74) is 9.23. The van der Waals surface area contributed by atoms with Gasteiger partial charge >= 0.3 is 0 Å². The molecule has 0 saturated carbocycles. The zero-order valence-corrected chi connectivity index (χ0v) is 13.1. The number of anilines is 2. The van der Waals surface area contributed by atoms with Crippen molar-refractivity contribution >= 4 is 17.3 Å². The number of hydrogen-bond donors (Lipinski definition) is 2. The summed E-state index contributed by atoms with van der Waals surface area (Å²) in [7, 11) is 0. The molecule has 2 aromatic carbocycles. The zero-order valence-electron chi connectivity index (χ0n) is 13.1. The van der Waals surface area contributed by atoms with Gasteiger partial charge < -0.3 is 20.7 Å². The third-order valence-corrected chi connectivity index (χ3v) is 3.79. The maximum Gasteiger partial charge on any atom is 0.193 e. The maximum absolute atomic E-state index is 5.92. The number of nitrogens with one attached hydrogen (secondary N) is 1. The van der Waals surface area contributed by atoms with E-state index in [1.54, 1.807) is 0 Å². The molecule has 23 heavy (non-hydrogen) atoms. The number of benzene rings is 2. The van der Waals surface area contributed by atoms with Gasteiger partial charge in [-0.3, -0.25) is 0 Å². The molecule has 5 nitrogen and oxygen atoms in total. The van der Waals surface area contributed by atoms with Crippen molar-refractivity contribution in [3.05, 3.63) is 60.2 Å². The summed E-state index contributed by atoms with van der Waals surface area (Å²) in [4.78, 5) is 6.72. The Morgan fingerprint density at radius 2 is 1.74 bits per heavy atom. The molecule has 0 radical (unpaired) electrons. The Morgan fingerprint density at radius 1 is 1.04 bits per heavy atom. The first-order valence-electron chi connectivity index (χ1n) is 7.85. The monoisotopic (exact) mass is 310 g/mol. The van der Waals surface area contributed by atoms with E-state index in [1.807, 2.05) is 30.3 Å². The molecule has 0 aliphatic carbocycles. The minimum atomic E-state index is 0.424. The fourth-order valence-electron chi connectivity index (χ4n) is 2.52. The van der Waals surface area contributed by atoms with Gasteiger partial charge in [0.2, 0.25) is 0 Å². The summed E-state index contributed by atoms with van der Waals surface area (Å²) in [6.45, 7) is 4.06. The highest BCUT2D eigenvalue weighted by atomic mass is 16.5. The second kappa shape index (κ2) is 7.65. The Labute approximate surface area is 136 Å². The molecule has 0 amide bonds. The molecule has 120 valence electrons. The van der Waals surface area contributed by atoms with Crippen molar-refractivity contribution in [3.63, 3.8) is 0 Å². The van der Waals surface area contributed by atoms with E-state index < -0.39 is 0 Å². The zero-order chi connectivity index (χ0) is 15.9. The van der Waals surface area contributed by atoms with Gasteiger partial charge in [0, 0.05) is 24.5 Å². The van der Waals surface area contributed by atoms with Crippen LogP contribution in [0.5, 0.6) is 0 Å². The number of para-hydroxylation sites is 1. The van der Waals surface area contributed by atoms with E-state index in [2.05, 4.69) is 39.5 Å². The largest absolute Gasteiger partial charge is 0.378 e. The molecule has 0 bridgehead atoms. The van der Waals surface area contributed by atoms with Crippen molar-refractivity contribution in [2.75, 3.05) is 36.5 Å². The molecule has 0 aromatic heterocycles. The van der Waals surface area contributed by atoms with Gasteiger partial charge in [0.15, 0.2) is 5.96 Å². The van der Waals surface area contributed by atoms with Gasteiger partial charge in [0.25, 0.3) is 0 Å². The van der Waals surface area contributed by atoms with Crippen LogP contribution in [-0.4, -0.2) is 32.3 Å². The summed E-state index contributed by atoms with van der Waals surface area (Å²) >= 11 is 0. The van der Waals surface area contributed by atoms with Gasteiger partial charge in [-0.15, -0.1) is 0 Å². The third kappa shape index (κ3) is 4.47. The standard InChI is InChI=1S/C18H22N4O/c19-18(21-16-4-2-1-3-5-16)20-14-15-6-8-17(9-7-15)22-10-12-23-13-11-22/h1-9H,10-14H2,(H3,19,20,21). The lowest BCUT2D eigenvalue weighted by Gasteiger charge is -2.28. The van der Waals surface area contributed by atoms with Crippen LogP contribution in [0, 0.1) is 0 Å². The normalized spacial score (nSPS) is 15.5. The summed E-state index contributed by atoms with van der Waals surface area (Å²) in [5.74, 6) is 0.424. The second-order valence-electron chi connectivity index (χ2n) is 5.46. The van der Waals surface area contributed by atoms with Crippen LogP contribution in [0.3, 0.4) is 0 Å². The van der Waals surface area contributed by atoms with Crippen LogP contribution in [-0.2, 0) is 11.3 Å². The number of aliphatic imine (C=N–C) groups is 1. The van der Waals surface area contributed by atoms with E-state index in [1.165, 1.54) is 5.69 Å². The molecule has 3 rings (SSSR count). The second-order valence-corrected chi connectivity index (χ2v) is 5.46. The van der Waals surface area contributed by atoms with Crippen molar-refractivity contribution in [2.24, 2.45) is 10.7 Å². The van der Waals surface area contributed by atoms with Crippen LogP contribution < -0.4 is 16.0 Å². The predicted octanol–water partition coefficient (Wildman–Crippen LogP) is 2.45. The van der Waals surface area contributed by atoms with E-state index in [0.717, 1.165) is 37.6 Å². The molecule has 1 fully saturated rings. The Bertz CT molecular complexity index is 634. The van der Waals surface area contributed by atoms with E-state index in [0.29, 0.717) is 12.5 Å². The molecule has 0 spiro atoms. The fraction of sp³-hybridized carbons (Fsp3) is 0.278. The van der Waals surface area contributed by atoms with E-state index in [-0.39, 0.29) is 0 Å². The first-order chi connectivity index (χ1) is 11.3. The topological polar surface area (TPSA) is 62.9 Å². The third-order valence-electron chi connectivity index (χ3n) is 3.79. The number of hydrogen-bond acceptors (Lipinski definition) is 3. The average Bonchev–Trinajstić information content (AvgIpc) is 2.62. The van der Waals surface area contributed by atoms with Crippen LogP contribution in [0.25, 0.3) is 0 Å². The predicted molar refractivity (Wildman–Crippen MR) is 94.9 cm³/mol. The highest BCUT2D eigenvalue weighted by Crippen LogP contribution is 2.17. The van der Waals surface area contributed by atoms with Gasteiger partial charge in [-0.1, -0.05) is 30.3 Å². The number of nitrogens with two attached hydrogens (primary N) is 1. The van der Waals surface area contributed by atoms with E-state index in [9.17, 15) is 0 Å². The average molecular weight is 310 g/mol. The highest BCUT2D eigenvalue weighted by Gasteiger charge is 2.10. The Hall–Kier alpha value is -2.53. The Morgan fingerprint density at radius 3 is 2.43 bits per heavy atom. The van der Waals surface area contributed by atoms with Crippen molar-refractivity contribution in [1.82, 2.24) is 0 Å². The van der Waals surface area contributed by atoms with Crippen molar-refractivity contribution < 1.29 is 4.74 Å². The molecule has 0 atom stereocenters. The van der Waals surface area contributed by atoms with Crippen LogP contribution in [0.2, 0.25) is 0 Å². The SMILES string of the molecule is NC(=NCc1ccc(N2CCOCC2)cc1)Nc1ccccc1. The molecular formula is C18H22N4O. The lowest BCUT2D eigenvalue weighted by atomic mass is 10.2. The molecule has 3 N–H and O–H groups in total. The molecule has 0 unspecified atom stereocenters. The molecule has 1 aliphatic heterocycles. The minimum absolute atomic E-state index is 0.424. The number of morpholine rings is 1. The van der Waals surface area contributed by atoms with Gasteiger partial charge in [-0.2, -0.15) is 0 Å². The molecular weight excluding hydrogens is 288 g/mol. The first-order valence-corrected chi connectivity index (χ1v) is 7.85. The Balaban J connectivity index is 1.56. The molecule has 5 heteroatoms. The van der Waals surface area contributed by atoms with Crippen molar-refractivity contribution in [3.8, 4) is 0 Å². The van der Waals surface area contributed by atoms with E-state index >= 15 is 0 Å². The maximum atomic E-state index is 5.92. The van der Waals surface area contributed by atoms with Gasteiger partial charge in [0.05, 0.1) is 19.8 Å². The molecule has 1 heterocycles. The highest BCUT2D eigenvalue weighted by molar-refractivity contribution is 5.92. The van der Waals surface area contributed by atoms with Gasteiger partial charge in [-0.05, 0) is 29.8 Å². The lowest BCUT2D eigenvalue weighted by Crippen LogP contribution is -2.36. The quantitative estimate of drug-likeness (QED) is 0.672. The van der Waals surface area contributed by atoms with E-state index in [4.69, 9.17) is 10.5 Å². The smallest absolute Gasteiger partial charge is 0.193 e. The lowest BCUT2D eigenvalue weighted by molar-refractivity contribution is 0.122. The van der Waals surface area contributed by atoms with Crippen molar-refractivity contribution in [1.29, 1.82) is 0 Å². The van der Waals surface area contributed by atoms with Gasteiger partial charge in [-0.25, -0.2) is 4.99 Å².